The summed E-state index contributed by atoms with van der Waals surface area (Å²) in [6.45, 7) is 0. The number of carbonyl (C=O) groups is 1. The summed E-state index contributed by atoms with van der Waals surface area (Å²) in [6, 6.07) is 6.72. The lowest BCUT2D eigenvalue weighted by Crippen LogP contribution is -2.31. The van der Waals surface area contributed by atoms with Crippen molar-refractivity contribution in [2.75, 3.05) is 5.43 Å². The zero-order valence-corrected chi connectivity index (χ0v) is 17.0. The molecule has 3 rings (SSSR count). The van der Waals surface area contributed by atoms with Crippen molar-refractivity contribution in [2.24, 2.45) is 0 Å². The fraction of sp³-hybridized carbons (Fsp3) is 0.0588. The quantitative estimate of drug-likeness (QED) is 0.340. The molecule has 0 aliphatic rings. The molecule has 152 valence electrons. The smallest absolute Gasteiger partial charge is 0.311 e. The van der Waals surface area contributed by atoms with Gasteiger partial charge in [0, 0.05) is 12.4 Å². The number of carbonyl (C=O) groups excluding carboxylic acids is 1. The molecule has 0 atom stereocenters. The van der Waals surface area contributed by atoms with E-state index in [0.29, 0.717) is 18.0 Å². The predicted octanol–water partition coefficient (Wildman–Crippen LogP) is 6.26. The van der Waals surface area contributed by atoms with Gasteiger partial charge in [-0.05, 0) is 30.3 Å². The van der Waals surface area contributed by atoms with Crippen LogP contribution in [0.15, 0.2) is 42.7 Å². The molecule has 3 aromatic rings. The number of alkyl halides is 3. The van der Waals surface area contributed by atoms with Crippen molar-refractivity contribution < 1.29 is 18.0 Å². The Labute approximate surface area is 182 Å². The average Bonchev–Trinajstić information content (AvgIpc) is 3.12. The normalized spacial score (nSPS) is 11.4. The standard InChI is InChI=1S/C17H9Cl4F3N4O/c18-9-5-11(20)14(6-10(9)19)28-3-1-2-13(28)16(29)27-26-15-12(21)4-8(7-25-15)17(22,23)24/h1-7H,(H,25,26)(H,27,29). The van der Waals surface area contributed by atoms with Gasteiger partial charge < -0.3 is 4.57 Å². The van der Waals surface area contributed by atoms with Gasteiger partial charge in [-0.2, -0.15) is 13.2 Å². The lowest BCUT2D eigenvalue weighted by molar-refractivity contribution is -0.137. The summed E-state index contributed by atoms with van der Waals surface area (Å²) in [4.78, 5) is 16.1. The maximum atomic E-state index is 12.7. The number of aromatic nitrogens is 2. The van der Waals surface area contributed by atoms with E-state index >= 15 is 0 Å². The summed E-state index contributed by atoms with van der Waals surface area (Å²) < 4.78 is 39.5. The molecule has 0 radical (unpaired) electrons. The van der Waals surface area contributed by atoms with E-state index in [1.54, 1.807) is 12.3 Å². The molecule has 0 saturated carbocycles. The van der Waals surface area contributed by atoms with Gasteiger partial charge in [-0.1, -0.05) is 46.4 Å². The Hall–Kier alpha value is -2.13. The first-order chi connectivity index (χ1) is 13.6. The van der Waals surface area contributed by atoms with Crippen molar-refractivity contribution in [1.82, 2.24) is 15.0 Å². The molecule has 12 heteroatoms. The molecule has 5 nitrogen and oxygen atoms in total. The van der Waals surface area contributed by atoms with Gasteiger partial charge in [-0.15, -0.1) is 0 Å². The summed E-state index contributed by atoms with van der Waals surface area (Å²) in [7, 11) is 0. The zero-order valence-electron chi connectivity index (χ0n) is 14.0. The fourth-order valence-corrected chi connectivity index (χ4v) is 3.18. The monoisotopic (exact) mass is 482 g/mol. The maximum absolute atomic E-state index is 12.7. The number of hydrogen-bond acceptors (Lipinski definition) is 3. The molecule has 0 unspecified atom stereocenters. The van der Waals surface area contributed by atoms with Gasteiger partial charge in [0.25, 0.3) is 5.91 Å². The second kappa shape index (κ2) is 8.31. The zero-order chi connectivity index (χ0) is 21.3. The third kappa shape index (κ3) is 4.72. The molecule has 2 aromatic heterocycles. The fourth-order valence-electron chi connectivity index (χ4n) is 2.34. The molecular weight excluding hydrogens is 475 g/mol. The van der Waals surface area contributed by atoms with Crippen LogP contribution >= 0.6 is 46.4 Å². The van der Waals surface area contributed by atoms with Gasteiger partial charge in [0.05, 0.1) is 31.3 Å². The minimum absolute atomic E-state index is 0.154. The van der Waals surface area contributed by atoms with Crippen LogP contribution in [0.4, 0.5) is 19.0 Å². The molecule has 0 saturated heterocycles. The highest BCUT2D eigenvalue weighted by Crippen LogP contribution is 2.33. The number of nitrogens with zero attached hydrogens (tertiary/aromatic N) is 2. The van der Waals surface area contributed by atoms with Crippen LogP contribution in [0.25, 0.3) is 5.69 Å². The lowest BCUT2D eigenvalue weighted by atomic mass is 10.3. The largest absolute Gasteiger partial charge is 0.417 e. The summed E-state index contributed by atoms with van der Waals surface area (Å²) in [5, 5.41) is 0.432. The number of pyridine rings is 1. The number of hydrazine groups is 1. The minimum Gasteiger partial charge on any atom is -0.311 e. The van der Waals surface area contributed by atoms with Gasteiger partial charge in [0.1, 0.15) is 5.69 Å². The van der Waals surface area contributed by atoms with E-state index in [0.717, 1.165) is 0 Å². The minimum atomic E-state index is -4.58. The Morgan fingerprint density at radius 3 is 2.34 bits per heavy atom. The SMILES string of the molecule is O=C(NNc1ncc(C(F)(F)F)cc1Cl)c1cccn1-c1cc(Cl)c(Cl)cc1Cl. The van der Waals surface area contributed by atoms with Crippen molar-refractivity contribution in [3.63, 3.8) is 0 Å². The number of hydrogen-bond donors (Lipinski definition) is 2. The van der Waals surface area contributed by atoms with E-state index in [9.17, 15) is 18.0 Å². The van der Waals surface area contributed by atoms with Crippen LogP contribution in [-0.2, 0) is 6.18 Å². The third-order valence-corrected chi connectivity index (χ3v) is 5.01. The first-order valence-electron chi connectivity index (χ1n) is 7.69. The molecule has 0 aliphatic heterocycles. The first-order valence-corrected chi connectivity index (χ1v) is 9.20. The topological polar surface area (TPSA) is 59.0 Å². The van der Waals surface area contributed by atoms with E-state index in [1.165, 1.54) is 22.8 Å². The Morgan fingerprint density at radius 1 is 1.00 bits per heavy atom. The number of amides is 1. The molecule has 29 heavy (non-hydrogen) atoms. The highest BCUT2D eigenvalue weighted by Gasteiger charge is 2.31. The van der Waals surface area contributed by atoms with Crippen LogP contribution in [0.3, 0.4) is 0 Å². The molecule has 1 aromatic carbocycles. The maximum Gasteiger partial charge on any atom is 0.417 e. The molecule has 0 fully saturated rings. The summed E-state index contributed by atoms with van der Waals surface area (Å²) >= 11 is 23.9. The van der Waals surface area contributed by atoms with Crippen LogP contribution in [0.5, 0.6) is 0 Å². The van der Waals surface area contributed by atoms with Crippen LogP contribution in [0.2, 0.25) is 20.1 Å². The Bertz CT molecular complexity index is 1090. The number of anilines is 1. The van der Waals surface area contributed by atoms with Gasteiger partial charge in [0.2, 0.25) is 0 Å². The van der Waals surface area contributed by atoms with Crippen LogP contribution in [0.1, 0.15) is 16.1 Å². The van der Waals surface area contributed by atoms with Crippen LogP contribution in [0, 0.1) is 0 Å². The number of benzene rings is 1. The molecular formula is C17H9Cl4F3N4O. The number of nitrogens with one attached hydrogen (secondary N) is 2. The first kappa shape index (κ1) is 21.6. The Balaban J connectivity index is 1.80. The predicted molar refractivity (Wildman–Crippen MR) is 106 cm³/mol. The Kier molecular flexibility index (Phi) is 6.19. The highest BCUT2D eigenvalue weighted by molar-refractivity contribution is 6.43. The van der Waals surface area contributed by atoms with Crippen LogP contribution in [-0.4, -0.2) is 15.5 Å². The van der Waals surface area contributed by atoms with E-state index in [1.807, 2.05) is 0 Å². The van der Waals surface area contributed by atoms with Gasteiger partial charge in [0.15, 0.2) is 5.82 Å². The molecule has 0 aliphatic carbocycles. The lowest BCUT2D eigenvalue weighted by Gasteiger charge is -2.14. The molecule has 2 heterocycles. The Morgan fingerprint density at radius 2 is 1.69 bits per heavy atom. The van der Waals surface area contributed by atoms with Gasteiger partial charge in [-0.3, -0.25) is 15.6 Å². The van der Waals surface area contributed by atoms with Crippen molar-refractivity contribution in [2.45, 2.75) is 6.18 Å². The van der Waals surface area contributed by atoms with E-state index in [2.05, 4.69) is 15.8 Å². The molecule has 1 amide bonds. The van der Waals surface area contributed by atoms with Gasteiger partial charge >= 0.3 is 6.18 Å². The third-order valence-electron chi connectivity index (χ3n) is 3.69. The van der Waals surface area contributed by atoms with Gasteiger partial charge in [-0.25, -0.2) is 4.98 Å². The van der Waals surface area contributed by atoms with Crippen molar-refractivity contribution in [3.8, 4) is 5.69 Å². The van der Waals surface area contributed by atoms with E-state index in [-0.39, 0.29) is 31.6 Å². The van der Waals surface area contributed by atoms with Crippen molar-refractivity contribution in [3.05, 3.63) is 74.1 Å². The highest BCUT2D eigenvalue weighted by atomic mass is 35.5. The van der Waals surface area contributed by atoms with Crippen molar-refractivity contribution >= 4 is 58.1 Å². The average molecular weight is 484 g/mol. The summed E-state index contributed by atoms with van der Waals surface area (Å²) in [5.41, 5.74) is 4.25. The van der Waals surface area contributed by atoms with E-state index < -0.39 is 17.6 Å². The summed E-state index contributed by atoms with van der Waals surface area (Å²) in [5.74, 6) is -0.784. The molecule has 0 spiro atoms. The molecule has 0 bridgehead atoms. The van der Waals surface area contributed by atoms with Crippen LogP contribution < -0.4 is 10.9 Å². The van der Waals surface area contributed by atoms with Crippen molar-refractivity contribution in [1.29, 1.82) is 0 Å². The molecule has 2 N–H and O–H groups in total. The van der Waals surface area contributed by atoms with E-state index in [4.69, 9.17) is 46.4 Å². The second-order valence-electron chi connectivity index (χ2n) is 5.61. The number of halogens is 7. The number of rotatable bonds is 4. The second-order valence-corrected chi connectivity index (χ2v) is 7.24. The summed E-state index contributed by atoms with van der Waals surface area (Å²) in [6.07, 6.45) is -2.42.